The van der Waals surface area contributed by atoms with E-state index in [0.29, 0.717) is 25.2 Å². The van der Waals surface area contributed by atoms with E-state index in [1.807, 2.05) is 52.0 Å². The molecule has 1 aromatic rings. The van der Waals surface area contributed by atoms with Crippen molar-refractivity contribution in [2.24, 2.45) is 0 Å². The predicted octanol–water partition coefficient (Wildman–Crippen LogP) is 5.35. The van der Waals surface area contributed by atoms with Gasteiger partial charge in [-0.1, -0.05) is 34.1 Å². The molecule has 1 saturated heterocycles. The molecule has 25 heavy (non-hydrogen) atoms. The molecule has 6 heteroatoms. The van der Waals surface area contributed by atoms with Crippen LogP contribution in [0, 0.1) is 0 Å². The van der Waals surface area contributed by atoms with Crippen LogP contribution in [0.15, 0.2) is 47.1 Å². The number of rotatable bonds is 7. The van der Waals surface area contributed by atoms with E-state index in [2.05, 4.69) is 22.5 Å². The second kappa shape index (κ2) is 8.17. The SMILES string of the molecule is C=CCOCCC(=C(F)B1OC(C)(C)C(C)(C)O1)c1ccc(Br)cc1. The Labute approximate surface area is 158 Å². The van der Waals surface area contributed by atoms with Gasteiger partial charge < -0.3 is 14.0 Å². The summed E-state index contributed by atoms with van der Waals surface area (Å²) in [7, 11) is -1.01. The van der Waals surface area contributed by atoms with Crippen LogP contribution in [0.2, 0.25) is 0 Å². The molecule has 2 rings (SSSR count). The first-order valence-electron chi connectivity index (χ1n) is 8.37. The molecule has 1 heterocycles. The van der Waals surface area contributed by atoms with E-state index < -0.39 is 24.0 Å². The number of hydrogen-bond acceptors (Lipinski definition) is 3. The summed E-state index contributed by atoms with van der Waals surface area (Å²) < 4.78 is 33.4. The Morgan fingerprint density at radius 1 is 1.20 bits per heavy atom. The van der Waals surface area contributed by atoms with Crippen molar-refractivity contribution in [3.8, 4) is 0 Å². The van der Waals surface area contributed by atoms with Crippen LogP contribution >= 0.6 is 15.9 Å². The minimum Gasteiger partial charge on any atom is -0.398 e. The molecule has 0 radical (unpaired) electrons. The minimum atomic E-state index is -1.01. The highest BCUT2D eigenvalue weighted by atomic mass is 79.9. The molecule has 0 atom stereocenters. The molecule has 0 aromatic heterocycles. The third-order valence-electron chi connectivity index (χ3n) is 4.67. The summed E-state index contributed by atoms with van der Waals surface area (Å²) in [4.78, 5) is 0. The maximum Gasteiger partial charge on any atom is 0.525 e. The summed E-state index contributed by atoms with van der Waals surface area (Å²) in [5, 5.41) is 0. The number of benzene rings is 1. The molecule has 0 aliphatic carbocycles. The smallest absolute Gasteiger partial charge is 0.398 e. The first-order valence-corrected chi connectivity index (χ1v) is 9.16. The molecule has 0 spiro atoms. The third kappa shape index (κ3) is 4.82. The quantitative estimate of drug-likeness (QED) is 0.344. The van der Waals surface area contributed by atoms with Crippen molar-refractivity contribution in [2.45, 2.75) is 45.3 Å². The molecule has 1 aromatic carbocycles. The van der Waals surface area contributed by atoms with Crippen LogP contribution in [0.1, 0.15) is 39.7 Å². The van der Waals surface area contributed by atoms with Crippen molar-refractivity contribution in [2.75, 3.05) is 13.2 Å². The number of ether oxygens (including phenoxy) is 1. The maximum atomic E-state index is 15.3. The van der Waals surface area contributed by atoms with Crippen LogP contribution in [-0.2, 0) is 14.0 Å². The van der Waals surface area contributed by atoms with Gasteiger partial charge in [0, 0.05) is 4.47 Å². The summed E-state index contributed by atoms with van der Waals surface area (Å²) in [5.41, 5.74) is -0.242. The van der Waals surface area contributed by atoms with Crippen LogP contribution in [0.25, 0.3) is 5.57 Å². The van der Waals surface area contributed by atoms with Crippen LogP contribution in [0.3, 0.4) is 0 Å². The Hall–Kier alpha value is -0.945. The second-order valence-corrected chi connectivity index (χ2v) is 7.95. The summed E-state index contributed by atoms with van der Waals surface area (Å²) in [5.74, 6) is 0. The van der Waals surface area contributed by atoms with Gasteiger partial charge in [-0.3, -0.25) is 0 Å². The van der Waals surface area contributed by atoms with E-state index in [1.165, 1.54) is 0 Å². The molecule has 1 fully saturated rings. The molecule has 1 aliphatic rings. The summed E-state index contributed by atoms with van der Waals surface area (Å²) in [6, 6.07) is 7.52. The highest BCUT2D eigenvalue weighted by Gasteiger charge is 2.53. The zero-order valence-corrected chi connectivity index (χ0v) is 16.9. The van der Waals surface area contributed by atoms with E-state index in [0.717, 1.165) is 10.0 Å². The summed E-state index contributed by atoms with van der Waals surface area (Å²) in [6.45, 7) is 12.1. The molecular weight excluding hydrogens is 386 g/mol. The Balaban J connectivity index is 2.30. The number of hydrogen-bond donors (Lipinski definition) is 0. The molecule has 0 unspecified atom stereocenters. The van der Waals surface area contributed by atoms with E-state index in [4.69, 9.17) is 14.0 Å². The van der Waals surface area contributed by atoms with Crippen molar-refractivity contribution >= 4 is 28.6 Å². The van der Waals surface area contributed by atoms with E-state index in [9.17, 15) is 0 Å². The van der Waals surface area contributed by atoms with E-state index >= 15 is 4.39 Å². The zero-order valence-electron chi connectivity index (χ0n) is 15.3. The van der Waals surface area contributed by atoms with Gasteiger partial charge in [-0.15, -0.1) is 6.58 Å². The fraction of sp³-hybridized carbons (Fsp3) is 0.474. The molecule has 0 amide bonds. The molecule has 3 nitrogen and oxygen atoms in total. The lowest BCUT2D eigenvalue weighted by atomic mass is 9.82. The zero-order chi connectivity index (χ0) is 18.7. The van der Waals surface area contributed by atoms with Gasteiger partial charge in [0.15, 0.2) is 0 Å². The Bertz CT molecular complexity index is 625. The average molecular weight is 411 g/mol. The Morgan fingerprint density at radius 3 is 2.28 bits per heavy atom. The van der Waals surface area contributed by atoms with Crippen molar-refractivity contribution < 1.29 is 18.4 Å². The van der Waals surface area contributed by atoms with Gasteiger partial charge >= 0.3 is 7.12 Å². The molecular formula is C19H25BBrFO3. The normalized spacial score (nSPS) is 19.7. The van der Waals surface area contributed by atoms with Gasteiger partial charge in [-0.25, -0.2) is 4.39 Å². The predicted molar refractivity (Wildman–Crippen MR) is 104 cm³/mol. The molecule has 1 aliphatic heterocycles. The topological polar surface area (TPSA) is 27.7 Å². The average Bonchev–Trinajstić information content (AvgIpc) is 2.76. The first kappa shape index (κ1) is 20.4. The molecule has 0 N–H and O–H groups in total. The lowest BCUT2D eigenvalue weighted by Gasteiger charge is -2.32. The fourth-order valence-corrected chi connectivity index (χ4v) is 2.75. The highest BCUT2D eigenvalue weighted by molar-refractivity contribution is 9.10. The summed E-state index contributed by atoms with van der Waals surface area (Å²) >= 11 is 3.41. The van der Waals surface area contributed by atoms with Gasteiger partial charge in [0.25, 0.3) is 0 Å². The van der Waals surface area contributed by atoms with Crippen molar-refractivity contribution in [3.05, 3.63) is 52.7 Å². The van der Waals surface area contributed by atoms with Gasteiger partial charge in [0.2, 0.25) is 0 Å². The highest BCUT2D eigenvalue weighted by Crippen LogP contribution is 2.40. The standard InChI is InChI=1S/C19H25BBrFO3/c1-6-12-23-13-11-16(14-7-9-15(21)10-8-14)17(22)20-24-18(2,3)19(4,5)25-20/h6-10H,1,11-13H2,2-5H3. The van der Waals surface area contributed by atoms with Crippen molar-refractivity contribution in [1.29, 1.82) is 0 Å². The Morgan fingerprint density at radius 2 is 1.76 bits per heavy atom. The fourth-order valence-electron chi connectivity index (χ4n) is 2.48. The van der Waals surface area contributed by atoms with Crippen molar-refractivity contribution in [1.82, 2.24) is 0 Å². The van der Waals surface area contributed by atoms with Gasteiger partial charge in [0.1, 0.15) is 5.73 Å². The second-order valence-electron chi connectivity index (χ2n) is 7.04. The third-order valence-corrected chi connectivity index (χ3v) is 5.20. The lowest BCUT2D eigenvalue weighted by Crippen LogP contribution is -2.41. The molecule has 136 valence electrons. The lowest BCUT2D eigenvalue weighted by molar-refractivity contribution is 0.00578. The van der Waals surface area contributed by atoms with E-state index in [-0.39, 0.29) is 0 Å². The largest absolute Gasteiger partial charge is 0.525 e. The van der Waals surface area contributed by atoms with Crippen LogP contribution in [0.4, 0.5) is 4.39 Å². The maximum absolute atomic E-state index is 15.3. The van der Waals surface area contributed by atoms with Crippen LogP contribution in [-0.4, -0.2) is 31.5 Å². The number of halogens is 2. The minimum absolute atomic E-state index is 0.393. The summed E-state index contributed by atoms with van der Waals surface area (Å²) in [6.07, 6.45) is 2.10. The monoisotopic (exact) mass is 410 g/mol. The van der Waals surface area contributed by atoms with Gasteiger partial charge in [-0.05, 0) is 57.4 Å². The van der Waals surface area contributed by atoms with Crippen LogP contribution in [0.5, 0.6) is 0 Å². The van der Waals surface area contributed by atoms with Gasteiger partial charge in [0.05, 0.1) is 24.4 Å². The Kier molecular flexibility index (Phi) is 6.65. The van der Waals surface area contributed by atoms with E-state index in [1.54, 1.807) is 6.08 Å². The molecule has 0 bridgehead atoms. The first-order chi connectivity index (χ1) is 11.7. The van der Waals surface area contributed by atoms with Crippen LogP contribution < -0.4 is 0 Å². The van der Waals surface area contributed by atoms with Crippen molar-refractivity contribution in [3.63, 3.8) is 0 Å². The van der Waals surface area contributed by atoms with Gasteiger partial charge in [-0.2, -0.15) is 0 Å². The molecule has 0 saturated carbocycles.